The van der Waals surface area contributed by atoms with E-state index in [1.165, 1.54) is 4.90 Å². The van der Waals surface area contributed by atoms with E-state index in [-0.39, 0.29) is 0 Å². The number of nitrogen functional groups attached to an aromatic ring is 1. The molecule has 0 unspecified atom stereocenters. The van der Waals surface area contributed by atoms with E-state index in [2.05, 4.69) is 28.6 Å². The van der Waals surface area contributed by atoms with Crippen molar-refractivity contribution < 1.29 is 0 Å². The molecule has 72 valence electrons. The summed E-state index contributed by atoms with van der Waals surface area (Å²) in [5.74, 6) is 0. The molecule has 0 spiro atoms. The Bertz CT molecular complexity index is 419. The Hall–Kier alpha value is -1.42. The molecule has 0 radical (unpaired) electrons. The lowest BCUT2D eigenvalue weighted by atomic mass is 10.1. The van der Waals surface area contributed by atoms with Crippen molar-refractivity contribution in [3.05, 3.63) is 30.5 Å². The summed E-state index contributed by atoms with van der Waals surface area (Å²) in [6.45, 7) is 0. The molecule has 0 saturated carbocycles. The van der Waals surface area contributed by atoms with E-state index in [9.17, 15) is 0 Å². The first-order chi connectivity index (χ1) is 6.81. The standard InChI is InChI=1S/C10H11N3S/c1-14-8-4-2-7(3-5-8)10-9(11)6-12-13-10/h2-6H,11H2,1H3,(H,12,13). The highest BCUT2D eigenvalue weighted by Crippen LogP contribution is 2.24. The summed E-state index contributed by atoms with van der Waals surface area (Å²) in [4.78, 5) is 1.24. The van der Waals surface area contributed by atoms with E-state index in [0.717, 1.165) is 11.3 Å². The number of hydrogen-bond donors (Lipinski definition) is 2. The van der Waals surface area contributed by atoms with Gasteiger partial charge >= 0.3 is 0 Å². The van der Waals surface area contributed by atoms with E-state index in [4.69, 9.17) is 5.73 Å². The van der Waals surface area contributed by atoms with Crippen LogP contribution in [0.3, 0.4) is 0 Å². The topological polar surface area (TPSA) is 54.7 Å². The van der Waals surface area contributed by atoms with Crippen molar-refractivity contribution in [2.75, 3.05) is 12.0 Å². The van der Waals surface area contributed by atoms with Crippen molar-refractivity contribution in [2.45, 2.75) is 4.90 Å². The number of aromatic amines is 1. The number of nitrogens with one attached hydrogen (secondary N) is 1. The number of rotatable bonds is 2. The van der Waals surface area contributed by atoms with Crippen molar-refractivity contribution in [1.82, 2.24) is 10.2 Å². The fourth-order valence-electron chi connectivity index (χ4n) is 1.28. The van der Waals surface area contributed by atoms with Gasteiger partial charge in [-0.25, -0.2) is 0 Å². The minimum atomic E-state index is 0.682. The molecule has 1 aromatic heterocycles. The van der Waals surface area contributed by atoms with Gasteiger partial charge in [-0.1, -0.05) is 12.1 Å². The van der Waals surface area contributed by atoms with Crippen LogP contribution in [0.4, 0.5) is 5.69 Å². The third kappa shape index (κ3) is 1.61. The Kier molecular flexibility index (Phi) is 2.45. The quantitative estimate of drug-likeness (QED) is 0.740. The number of nitrogens with two attached hydrogens (primary N) is 1. The summed E-state index contributed by atoms with van der Waals surface area (Å²) >= 11 is 1.72. The lowest BCUT2D eigenvalue weighted by Crippen LogP contribution is -1.86. The van der Waals surface area contributed by atoms with E-state index >= 15 is 0 Å². The van der Waals surface area contributed by atoms with Crippen molar-refractivity contribution in [3.63, 3.8) is 0 Å². The van der Waals surface area contributed by atoms with Gasteiger partial charge in [-0.05, 0) is 18.4 Å². The average Bonchev–Trinajstić information content (AvgIpc) is 2.65. The molecule has 1 heterocycles. The maximum absolute atomic E-state index is 5.74. The second kappa shape index (κ2) is 3.75. The van der Waals surface area contributed by atoms with Crippen LogP contribution in [-0.2, 0) is 0 Å². The van der Waals surface area contributed by atoms with Gasteiger partial charge in [-0.15, -0.1) is 11.8 Å². The van der Waals surface area contributed by atoms with Gasteiger partial charge in [0.25, 0.3) is 0 Å². The maximum Gasteiger partial charge on any atom is 0.0879 e. The van der Waals surface area contributed by atoms with Gasteiger partial charge in [0.15, 0.2) is 0 Å². The molecule has 4 heteroatoms. The molecule has 0 aliphatic rings. The maximum atomic E-state index is 5.74. The SMILES string of the molecule is CSc1ccc(-c2[nH]ncc2N)cc1. The molecule has 0 fully saturated rings. The van der Waals surface area contributed by atoms with Crippen LogP contribution in [0.5, 0.6) is 0 Å². The second-order valence-electron chi connectivity index (χ2n) is 2.93. The summed E-state index contributed by atoms with van der Waals surface area (Å²) in [6, 6.07) is 8.21. The molecule has 3 N–H and O–H groups in total. The van der Waals surface area contributed by atoms with Crippen LogP contribution in [0.2, 0.25) is 0 Å². The first-order valence-corrected chi connectivity index (χ1v) is 5.47. The highest BCUT2D eigenvalue weighted by Gasteiger charge is 2.03. The number of hydrogen-bond acceptors (Lipinski definition) is 3. The van der Waals surface area contributed by atoms with E-state index in [1.54, 1.807) is 18.0 Å². The highest BCUT2D eigenvalue weighted by molar-refractivity contribution is 7.98. The summed E-state index contributed by atoms with van der Waals surface area (Å²) in [6.07, 6.45) is 3.68. The molecule has 0 amide bonds. The Morgan fingerprint density at radius 2 is 2.00 bits per heavy atom. The minimum Gasteiger partial charge on any atom is -0.396 e. The molecule has 0 saturated heterocycles. The van der Waals surface area contributed by atoms with Gasteiger partial charge in [-0.3, -0.25) is 5.10 Å². The molecule has 14 heavy (non-hydrogen) atoms. The van der Waals surface area contributed by atoms with Gasteiger partial charge in [0.05, 0.1) is 17.6 Å². The molecule has 2 rings (SSSR count). The Morgan fingerprint density at radius 3 is 2.50 bits per heavy atom. The van der Waals surface area contributed by atoms with Crippen LogP contribution in [0.15, 0.2) is 35.4 Å². The zero-order chi connectivity index (χ0) is 9.97. The Labute approximate surface area is 86.7 Å². The molecule has 0 aliphatic carbocycles. The Balaban J connectivity index is 2.39. The largest absolute Gasteiger partial charge is 0.396 e. The molecule has 0 aliphatic heterocycles. The summed E-state index contributed by atoms with van der Waals surface area (Å²) in [7, 11) is 0. The number of nitrogens with zero attached hydrogens (tertiary/aromatic N) is 1. The smallest absolute Gasteiger partial charge is 0.0879 e. The molecule has 0 atom stereocenters. The first kappa shape index (κ1) is 9.15. The number of aromatic nitrogens is 2. The van der Waals surface area contributed by atoms with Crippen molar-refractivity contribution in [3.8, 4) is 11.3 Å². The zero-order valence-corrected chi connectivity index (χ0v) is 8.64. The minimum absolute atomic E-state index is 0.682. The van der Waals surface area contributed by atoms with Crippen molar-refractivity contribution >= 4 is 17.4 Å². The number of thioether (sulfide) groups is 1. The van der Waals surface area contributed by atoms with Crippen LogP contribution in [0, 0.1) is 0 Å². The summed E-state index contributed by atoms with van der Waals surface area (Å²) < 4.78 is 0. The van der Waals surface area contributed by atoms with Gasteiger partial charge in [0.2, 0.25) is 0 Å². The third-order valence-corrected chi connectivity index (χ3v) is 2.79. The predicted octanol–water partition coefficient (Wildman–Crippen LogP) is 2.38. The summed E-state index contributed by atoms with van der Waals surface area (Å²) in [5.41, 5.74) is 8.38. The molecule has 1 aromatic carbocycles. The Morgan fingerprint density at radius 1 is 1.29 bits per heavy atom. The van der Waals surface area contributed by atoms with Crippen LogP contribution in [0.1, 0.15) is 0 Å². The van der Waals surface area contributed by atoms with Crippen LogP contribution in [0.25, 0.3) is 11.3 Å². The molecule has 0 bridgehead atoms. The van der Waals surface area contributed by atoms with Gasteiger partial charge < -0.3 is 5.73 Å². The van der Waals surface area contributed by atoms with E-state index in [1.807, 2.05) is 12.1 Å². The number of anilines is 1. The monoisotopic (exact) mass is 205 g/mol. The lowest BCUT2D eigenvalue weighted by molar-refractivity contribution is 1.09. The zero-order valence-electron chi connectivity index (χ0n) is 7.82. The van der Waals surface area contributed by atoms with Gasteiger partial charge in [0.1, 0.15) is 0 Å². The highest BCUT2D eigenvalue weighted by atomic mass is 32.2. The first-order valence-electron chi connectivity index (χ1n) is 4.24. The summed E-state index contributed by atoms with van der Waals surface area (Å²) in [5, 5.41) is 6.76. The van der Waals surface area contributed by atoms with Gasteiger partial charge in [0, 0.05) is 10.5 Å². The number of H-pyrrole nitrogens is 1. The van der Waals surface area contributed by atoms with Gasteiger partial charge in [-0.2, -0.15) is 5.10 Å². The fraction of sp³-hybridized carbons (Fsp3) is 0.100. The van der Waals surface area contributed by atoms with Crippen molar-refractivity contribution in [1.29, 1.82) is 0 Å². The predicted molar refractivity (Wildman–Crippen MR) is 60.2 cm³/mol. The van der Waals surface area contributed by atoms with Crippen molar-refractivity contribution in [2.24, 2.45) is 0 Å². The van der Waals surface area contributed by atoms with E-state index in [0.29, 0.717) is 5.69 Å². The molecular formula is C10H11N3S. The second-order valence-corrected chi connectivity index (χ2v) is 3.81. The third-order valence-electron chi connectivity index (χ3n) is 2.05. The molecular weight excluding hydrogens is 194 g/mol. The molecule has 3 nitrogen and oxygen atoms in total. The molecule has 2 aromatic rings. The normalized spacial score (nSPS) is 10.4. The lowest BCUT2D eigenvalue weighted by Gasteiger charge is -2.00. The van der Waals surface area contributed by atoms with Crippen LogP contribution in [-0.4, -0.2) is 16.5 Å². The van der Waals surface area contributed by atoms with E-state index < -0.39 is 0 Å². The van der Waals surface area contributed by atoms with Crippen LogP contribution < -0.4 is 5.73 Å². The average molecular weight is 205 g/mol. The van der Waals surface area contributed by atoms with Crippen LogP contribution >= 0.6 is 11.8 Å². The fourth-order valence-corrected chi connectivity index (χ4v) is 1.69. The number of benzene rings is 1.